The van der Waals surface area contributed by atoms with Gasteiger partial charge in [-0.3, -0.25) is 4.79 Å². The van der Waals surface area contributed by atoms with E-state index < -0.39 is 0 Å². The molecule has 0 amide bonds. The first-order valence-corrected chi connectivity index (χ1v) is 11.7. The molecule has 0 aromatic heterocycles. The molecule has 1 heterocycles. The number of aliphatic hydroxyl groups excluding tert-OH is 1. The summed E-state index contributed by atoms with van der Waals surface area (Å²) >= 11 is 0. The van der Waals surface area contributed by atoms with Gasteiger partial charge in [-0.05, 0) is 75.2 Å². The summed E-state index contributed by atoms with van der Waals surface area (Å²) in [6.07, 6.45) is 8.85. The van der Waals surface area contributed by atoms with E-state index in [1.807, 2.05) is 0 Å². The fourth-order valence-electron chi connectivity index (χ4n) is 7.85. The maximum atomic E-state index is 12.6. The van der Waals surface area contributed by atoms with Gasteiger partial charge in [0, 0.05) is 36.8 Å². The number of hydrogen-bond donors (Lipinski definition) is 2. The topological polar surface area (TPSA) is 70.9 Å². The normalized spacial score (nSPS) is 48.3. The molecule has 5 rings (SSSR count). The van der Waals surface area contributed by atoms with Crippen LogP contribution in [0.4, 0.5) is 0 Å². The lowest BCUT2D eigenvalue weighted by Gasteiger charge is -2.60. The Kier molecular flexibility index (Phi) is 4.90. The molecular weight excluding hydrogens is 364 g/mol. The zero-order chi connectivity index (χ0) is 20.2. The molecule has 0 aromatic carbocycles. The lowest BCUT2D eigenvalue weighted by atomic mass is 9.44. The summed E-state index contributed by atoms with van der Waals surface area (Å²) in [5, 5.41) is 18.6. The van der Waals surface area contributed by atoms with Gasteiger partial charge in [-0.15, -0.1) is 0 Å². The second-order valence-corrected chi connectivity index (χ2v) is 10.7. The van der Waals surface area contributed by atoms with Gasteiger partial charge in [-0.2, -0.15) is 0 Å². The van der Waals surface area contributed by atoms with Crippen molar-refractivity contribution in [3.8, 4) is 0 Å². The number of aliphatic hydroxyl groups is 1. The molecule has 160 valence electrons. The molecule has 2 N–H and O–H groups in total. The van der Waals surface area contributed by atoms with Gasteiger partial charge >= 0.3 is 0 Å². The van der Waals surface area contributed by atoms with Crippen molar-refractivity contribution in [2.45, 2.75) is 70.8 Å². The van der Waals surface area contributed by atoms with E-state index in [0.29, 0.717) is 29.5 Å². The third-order valence-electron chi connectivity index (χ3n) is 9.53. The van der Waals surface area contributed by atoms with Crippen molar-refractivity contribution in [2.24, 2.45) is 39.7 Å². The Bertz CT molecular complexity index is 728. The summed E-state index contributed by atoms with van der Waals surface area (Å²) in [4.78, 5) is 18.4. The molecule has 0 radical (unpaired) electrons. The summed E-state index contributed by atoms with van der Waals surface area (Å²) in [6, 6.07) is 0. The minimum atomic E-state index is -0.130. The van der Waals surface area contributed by atoms with Gasteiger partial charge in [0.2, 0.25) is 0 Å². The van der Waals surface area contributed by atoms with Crippen LogP contribution in [-0.2, 0) is 9.63 Å². The maximum Gasteiger partial charge on any atom is 0.141 e. The van der Waals surface area contributed by atoms with Crippen molar-refractivity contribution in [3.05, 3.63) is 12.2 Å². The fourth-order valence-corrected chi connectivity index (χ4v) is 7.85. The van der Waals surface area contributed by atoms with E-state index in [4.69, 9.17) is 4.84 Å². The lowest BCUT2D eigenvalue weighted by molar-refractivity contribution is -0.138. The Morgan fingerprint density at radius 3 is 2.83 bits per heavy atom. The highest BCUT2D eigenvalue weighted by Crippen LogP contribution is 2.66. The summed E-state index contributed by atoms with van der Waals surface area (Å²) in [5.41, 5.74) is 2.21. The largest absolute Gasteiger partial charge is 0.396 e. The zero-order valence-corrected chi connectivity index (χ0v) is 17.8. The third-order valence-corrected chi connectivity index (χ3v) is 9.53. The number of rotatable bonds is 3. The Balaban J connectivity index is 1.38. The molecule has 0 bridgehead atoms. The number of Topliss-reactive ketones (excluding diaryl/α,β-unsaturated/α-hetero) is 1. The van der Waals surface area contributed by atoms with E-state index in [0.717, 1.165) is 76.6 Å². The lowest BCUT2D eigenvalue weighted by Crippen LogP contribution is -2.57. The number of carbonyl (C=O) groups is 1. The molecule has 1 saturated heterocycles. The van der Waals surface area contributed by atoms with Gasteiger partial charge < -0.3 is 15.3 Å². The highest BCUT2D eigenvalue weighted by Gasteiger charge is 2.62. The van der Waals surface area contributed by atoms with Crippen LogP contribution in [0.25, 0.3) is 0 Å². The number of carbonyl (C=O) groups excluding carboxylic acids is 1. The molecular formula is C24H36N2O3. The number of allylic oxidation sites excluding steroid dienone is 1. The van der Waals surface area contributed by atoms with Crippen molar-refractivity contribution in [1.82, 2.24) is 5.32 Å². The Labute approximate surface area is 174 Å². The van der Waals surface area contributed by atoms with Gasteiger partial charge in [-0.1, -0.05) is 24.2 Å². The monoisotopic (exact) mass is 400 g/mol. The van der Waals surface area contributed by atoms with Crippen LogP contribution in [0.5, 0.6) is 0 Å². The molecule has 5 unspecified atom stereocenters. The number of hydrogen-bond acceptors (Lipinski definition) is 5. The Hall–Kier alpha value is -1.20. The Morgan fingerprint density at radius 2 is 2.07 bits per heavy atom. The molecule has 4 aliphatic carbocycles. The molecule has 1 aliphatic heterocycles. The van der Waals surface area contributed by atoms with Gasteiger partial charge in [-0.25, -0.2) is 0 Å². The van der Waals surface area contributed by atoms with Crippen molar-refractivity contribution in [1.29, 1.82) is 0 Å². The zero-order valence-electron chi connectivity index (χ0n) is 17.8. The fraction of sp³-hybridized carbons (Fsp3) is 0.833. The molecule has 29 heavy (non-hydrogen) atoms. The summed E-state index contributed by atoms with van der Waals surface area (Å²) < 4.78 is 0. The van der Waals surface area contributed by atoms with Crippen LogP contribution in [-0.4, -0.2) is 42.4 Å². The summed E-state index contributed by atoms with van der Waals surface area (Å²) in [6.45, 7) is 8.85. The van der Waals surface area contributed by atoms with Gasteiger partial charge in [0.15, 0.2) is 0 Å². The smallest absolute Gasteiger partial charge is 0.141 e. The van der Waals surface area contributed by atoms with E-state index in [2.05, 4.69) is 24.0 Å². The quantitative estimate of drug-likeness (QED) is 0.562. The number of fused-ring (bicyclic) bond motifs is 5. The average molecular weight is 401 g/mol. The van der Waals surface area contributed by atoms with E-state index in [9.17, 15) is 9.90 Å². The van der Waals surface area contributed by atoms with Crippen LogP contribution in [0.15, 0.2) is 17.3 Å². The number of oxime groups is 1. The number of ketones is 1. The summed E-state index contributed by atoms with van der Waals surface area (Å²) in [7, 11) is 0. The predicted molar refractivity (Wildman–Crippen MR) is 112 cm³/mol. The van der Waals surface area contributed by atoms with Gasteiger partial charge in [0.1, 0.15) is 11.9 Å². The highest BCUT2D eigenvalue weighted by atomic mass is 16.6. The first-order chi connectivity index (χ1) is 14.0. The van der Waals surface area contributed by atoms with Crippen molar-refractivity contribution in [3.63, 3.8) is 0 Å². The van der Waals surface area contributed by atoms with Gasteiger partial charge in [0.25, 0.3) is 0 Å². The molecule has 5 heteroatoms. The molecule has 0 spiro atoms. The average Bonchev–Trinajstić information content (AvgIpc) is 3.35. The van der Waals surface area contributed by atoms with Crippen LogP contribution in [0.1, 0.15) is 64.7 Å². The number of nitrogens with one attached hydrogen (secondary N) is 1. The third kappa shape index (κ3) is 2.95. The molecule has 5 nitrogen and oxygen atoms in total. The van der Waals surface area contributed by atoms with E-state index in [1.165, 1.54) is 5.57 Å². The molecule has 4 saturated carbocycles. The molecule has 5 aliphatic rings. The highest BCUT2D eigenvalue weighted by molar-refractivity contribution is 5.87. The predicted octanol–water partition coefficient (Wildman–Crippen LogP) is 3.47. The SMILES string of the molecule is C=C1CC2C(CC[C@]3(C)C(=O)CCC23)[C@@]2(CO)CCC(=NOC3CCNC3)CC12. The first-order valence-electron chi connectivity index (χ1n) is 11.7. The van der Waals surface area contributed by atoms with Crippen LogP contribution in [0.2, 0.25) is 0 Å². The first kappa shape index (κ1) is 19.7. The standard InChI is InChI=1S/C24H36N2O3/c1-15-11-18-19-3-4-22(28)23(19,2)8-6-20(18)24(14-27)9-5-16(12-21(15)24)26-29-17-7-10-25-13-17/h17-21,25,27H,1,3-14H2,2H3/t17?,18?,19?,20?,21?,23-,24-/m0/s1. The van der Waals surface area contributed by atoms with Crippen molar-refractivity contribution >= 4 is 11.5 Å². The van der Waals surface area contributed by atoms with E-state index in [1.54, 1.807) is 0 Å². The van der Waals surface area contributed by atoms with Crippen LogP contribution in [0, 0.1) is 34.5 Å². The van der Waals surface area contributed by atoms with Crippen LogP contribution < -0.4 is 5.32 Å². The van der Waals surface area contributed by atoms with E-state index >= 15 is 0 Å². The molecule has 5 fully saturated rings. The van der Waals surface area contributed by atoms with Crippen LogP contribution in [0.3, 0.4) is 0 Å². The Morgan fingerprint density at radius 1 is 1.21 bits per heavy atom. The number of nitrogens with zero attached hydrogens (tertiary/aromatic N) is 1. The van der Waals surface area contributed by atoms with Crippen molar-refractivity contribution < 1.29 is 14.7 Å². The minimum Gasteiger partial charge on any atom is -0.396 e. The molecule has 0 aromatic rings. The second kappa shape index (κ2) is 7.19. The summed E-state index contributed by atoms with van der Waals surface area (Å²) in [5.74, 6) is 2.27. The van der Waals surface area contributed by atoms with Gasteiger partial charge in [0.05, 0.1) is 5.71 Å². The maximum absolute atomic E-state index is 12.6. The molecule has 7 atom stereocenters. The van der Waals surface area contributed by atoms with Crippen LogP contribution >= 0.6 is 0 Å². The minimum absolute atomic E-state index is 0.0824. The van der Waals surface area contributed by atoms with Crippen molar-refractivity contribution in [2.75, 3.05) is 19.7 Å². The van der Waals surface area contributed by atoms with E-state index in [-0.39, 0.29) is 23.5 Å². The second-order valence-electron chi connectivity index (χ2n) is 10.7.